The molecule has 32 heavy (non-hydrogen) atoms. The molecule has 2 fully saturated rings. The molecule has 1 heterocycles. The molecule has 2 aliphatic carbocycles. The lowest BCUT2D eigenvalue weighted by atomic mass is 10.2. The van der Waals surface area contributed by atoms with E-state index in [-0.39, 0.29) is 28.7 Å². The van der Waals surface area contributed by atoms with Crippen LogP contribution >= 0.6 is 0 Å². The zero-order valence-corrected chi connectivity index (χ0v) is 20.0. The number of carbonyl (C=O) groups is 1. The van der Waals surface area contributed by atoms with Crippen LogP contribution in [0.15, 0.2) is 35.6 Å². The summed E-state index contributed by atoms with van der Waals surface area (Å²) in [6.07, 6.45) is 5.90. The van der Waals surface area contributed by atoms with Crippen molar-refractivity contribution in [2.75, 3.05) is 13.7 Å². The lowest BCUT2D eigenvalue weighted by Gasteiger charge is -2.24. The number of nitrogens with zero attached hydrogens (tertiary/aromatic N) is 3. The van der Waals surface area contributed by atoms with Crippen LogP contribution in [0.3, 0.4) is 0 Å². The van der Waals surface area contributed by atoms with Gasteiger partial charge in [-0.2, -0.15) is 0 Å². The molecule has 8 heteroatoms. The van der Waals surface area contributed by atoms with Crippen molar-refractivity contribution >= 4 is 15.7 Å². The van der Waals surface area contributed by atoms with Gasteiger partial charge in [-0.15, -0.1) is 0 Å². The largest absolute Gasteiger partial charge is 0.497 e. The Balaban J connectivity index is 1.61. The number of rotatable bonds is 11. The highest BCUT2D eigenvalue weighted by atomic mass is 32.2. The summed E-state index contributed by atoms with van der Waals surface area (Å²) >= 11 is 0. The zero-order chi connectivity index (χ0) is 22.9. The average Bonchev–Trinajstić information content (AvgIpc) is 3.66. The smallest absolute Gasteiger partial charge is 0.228 e. The van der Waals surface area contributed by atoms with E-state index >= 15 is 0 Å². The number of hydrogen-bond acceptors (Lipinski definition) is 5. The summed E-state index contributed by atoms with van der Waals surface area (Å²) in [5.74, 6) is 1.64. The van der Waals surface area contributed by atoms with Crippen LogP contribution in [-0.2, 0) is 33.5 Å². The van der Waals surface area contributed by atoms with Crippen molar-refractivity contribution < 1.29 is 17.9 Å². The van der Waals surface area contributed by atoms with E-state index in [1.54, 1.807) is 42.1 Å². The van der Waals surface area contributed by atoms with Gasteiger partial charge in [-0.05, 0) is 55.2 Å². The Morgan fingerprint density at radius 2 is 2.00 bits per heavy atom. The fourth-order valence-electron chi connectivity index (χ4n) is 4.00. The van der Waals surface area contributed by atoms with Crippen LogP contribution in [-0.4, -0.2) is 42.4 Å². The molecule has 0 bridgehead atoms. The van der Waals surface area contributed by atoms with Crippen molar-refractivity contribution in [2.45, 2.75) is 63.5 Å². The zero-order valence-electron chi connectivity index (χ0n) is 19.2. The predicted octanol–water partition coefficient (Wildman–Crippen LogP) is 3.67. The number of ether oxygens (including phenoxy) is 1. The minimum Gasteiger partial charge on any atom is -0.497 e. The van der Waals surface area contributed by atoms with Crippen LogP contribution in [0.2, 0.25) is 0 Å². The fraction of sp³-hybridized carbons (Fsp3) is 0.583. The van der Waals surface area contributed by atoms with Crippen LogP contribution in [0, 0.1) is 17.8 Å². The van der Waals surface area contributed by atoms with Gasteiger partial charge in [-0.25, -0.2) is 13.4 Å². The van der Waals surface area contributed by atoms with Crippen LogP contribution in [0.1, 0.15) is 50.8 Å². The SMILES string of the molecule is COc1cccc(CS(=O)(=O)c2ncc(CN(CC3CC3)C(=O)C3CC3)n2CC(C)C)c1. The summed E-state index contributed by atoms with van der Waals surface area (Å²) in [4.78, 5) is 19.2. The van der Waals surface area contributed by atoms with Crippen molar-refractivity contribution in [2.24, 2.45) is 17.8 Å². The lowest BCUT2D eigenvalue weighted by molar-refractivity contribution is -0.133. The summed E-state index contributed by atoms with van der Waals surface area (Å²) in [5.41, 5.74) is 1.45. The van der Waals surface area contributed by atoms with Crippen LogP contribution in [0.5, 0.6) is 5.75 Å². The van der Waals surface area contributed by atoms with E-state index in [1.807, 2.05) is 4.90 Å². The topological polar surface area (TPSA) is 81.5 Å². The maximum atomic E-state index is 13.3. The molecular formula is C24H33N3O4S. The van der Waals surface area contributed by atoms with Crippen LogP contribution in [0.4, 0.5) is 0 Å². The molecule has 174 valence electrons. The number of amides is 1. The van der Waals surface area contributed by atoms with Crippen molar-refractivity contribution in [3.05, 3.63) is 41.7 Å². The Morgan fingerprint density at radius 3 is 2.62 bits per heavy atom. The summed E-state index contributed by atoms with van der Waals surface area (Å²) in [6.45, 7) is 5.82. The highest BCUT2D eigenvalue weighted by molar-refractivity contribution is 7.90. The van der Waals surface area contributed by atoms with Gasteiger partial charge < -0.3 is 14.2 Å². The Bertz CT molecular complexity index is 1070. The maximum Gasteiger partial charge on any atom is 0.228 e. The number of benzene rings is 1. The average molecular weight is 460 g/mol. The van der Waals surface area contributed by atoms with Crippen molar-refractivity contribution in [1.29, 1.82) is 0 Å². The van der Waals surface area contributed by atoms with Crippen molar-refractivity contribution in [3.63, 3.8) is 0 Å². The molecule has 1 aromatic heterocycles. The number of sulfone groups is 1. The molecule has 0 aliphatic heterocycles. The second kappa shape index (κ2) is 9.25. The van der Waals surface area contributed by atoms with Gasteiger partial charge in [0.2, 0.25) is 20.9 Å². The van der Waals surface area contributed by atoms with E-state index in [2.05, 4.69) is 18.8 Å². The summed E-state index contributed by atoms with van der Waals surface area (Å²) < 4.78 is 33.7. The fourth-order valence-corrected chi connectivity index (χ4v) is 5.49. The summed E-state index contributed by atoms with van der Waals surface area (Å²) in [6, 6.07) is 7.09. The van der Waals surface area contributed by atoms with Gasteiger partial charge >= 0.3 is 0 Å². The van der Waals surface area contributed by atoms with Crippen LogP contribution in [0.25, 0.3) is 0 Å². The molecule has 0 radical (unpaired) electrons. The number of imidazole rings is 1. The van der Waals surface area contributed by atoms with E-state index in [4.69, 9.17) is 4.74 Å². The van der Waals surface area contributed by atoms with E-state index in [0.29, 0.717) is 30.3 Å². The molecule has 4 rings (SSSR count). The summed E-state index contributed by atoms with van der Waals surface area (Å²) in [7, 11) is -2.11. The lowest BCUT2D eigenvalue weighted by Crippen LogP contribution is -2.34. The van der Waals surface area contributed by atoms with Gasteiger partial charge in [0.1, 0.15) is 5.75 Å². The molecule has 0 spiro atoms. The van der Waals surface area contributed by atoms with Crippen LogP contribution < -0.4 is 4.74 Å². The number of aromatic nitrogens is 2. The molecule has 1 amide bonds. The third-order valence-corrected chi connectivity index (χ3v) is 7.58. The van der Waals surface area contributed by atoms with Gasteiger partial charge in [-0.1, -0.05) is 26.0 Å². The van der Waals surface area contributed by atoms with Crippen molar-refractivity contribution in [1.82, 2.24) is 14.5 Å². The van der Waals surface area contributed by atoms with Gasteiger partial charge in [0.25, 0.3) is 0 Å². The minimum absolute atomic E-state index is 0.0780. The first-order chi connectivity index (χ1) is 15.3. The Morgan fingerprint density at radius 1 is 1.25 bits per heavy atom. The normalized spacial score (nSPS) is 16.4. The van der Waals surface area contributed by atoms with Gasteiger partial charge in [0, 0.05) is 19.0 Å². The number of hydrogen-bond donors (Lipinski definition) is 0. The Kier molecular flexibility index (Phi) is 6.60. The molecule has 0 unspecified atom stereocenters. The number of carbonyl (C=O) groups excluding carboxylic acids is 1. The standard InChI is InChI=1S/C24H33N3O4S/c1-17(2)13-27-21(15-26(14-18-7-8-18)23(28)20-9-10-20)12-25-24(27)32(29,30)16-19-5-4-6-22(11-19)31-3/h4-6,11-12,17-18,20H,7-10,13-16H2,1-3H3. The first-order valence-corrected chi connectivity index (χ1v) is 13.1. The van der Waals surface area contributed by atoms with Gasteiger partial charge in [0.05, 0.1) is 31.3 Å². The first-order valence-electron chi connectivity index (χ1n) is 11.5. The predicted molar refractivity (Wildman–Crippen MR) is 122 cm³/mol. The number of methoxy groups -OCH3 is 1. The molecule has 0 N–H and O–H groups in total. The van der Waals surface area contributed by atoms with E-state index in [9.17, 15) is 13.2 Å². The second-order valence-corrected chi connectivity index (χ2v) is 11.5. The minimum atomic E-state index is -3.67. The first kappa shape index (κ1) is 22.8. The molecule has 1 aromatic carbocycles. The molecule has 7 nitrogen and oxygen atoms in total. The third kappa shape index (κ3) is 5.52. The molecule has 0 saturated heterocycles. The van der Waals surface area contributed by atoms with Crippen molar-refractivity contribution in [3.8, 4) is 5.75 Å². The van der Waals surface area contributed by atoms with E-state index in [1.165, 1.54) is 12.8 Å². The quantitative estimate of drug-likeness (QED) is 0.512. The molecule has 2 aromatic rings. The third-order valence-electron chi connectivity index (χ3n) is 5.98. The molecule has 0 atom stereocenters. The Hall–Kier alpha value is -2.35. The van der Waals surface area contributed by atoms with Gasteiger partial charge in [0.15, 0.2) is 0 Å². The van der Waals surface area contributed by atoms with E-state index in [0.717, 1.165) is 25.1 Å². The maximum absolute atomic E-state index is 13.3. The highest BCUT2D eigenvalue weighted by Crippen LogP contribution is 2.35. The second-order valence-electron chi connectivity index (χ2n) is 9.58. The molecule has 2 aliphatic rings. The monoisotopic (exact) mass is 459 g/mol. The van der Waals surface area contributed by atoms with Gasteiger partial charge in [-0.3, -0.25) is 4.79 Å². The highest BCUT2D eigenvalue weighted by Gasteiger charge is 2.36. The Labute approximate surface area is 190 Å². The van der Waals surface area contributed by atoms with E-state index < -0.39 is 9.84 Å². The molecule has 2 saturated carbocycles. The summed E-state index contributed by atoms with van der Waals surface area (Å²) in [5, 5.41) is 0.0780. The molecular weight excluding hydrogens is 426 g/mol.